The third-order valence-electron chi connectivity index (χ3n) is 3.55. The van der Waals surface area contributed by atoms with E-state index in [0.29, 0.717) is 30.9 Å². The highest BCUT2D eigenvalue weighted by Gasteiger charge is 2.14. The fourth-order valence-electron chi connectivity index (χ4n) is 2.29. The zero-order valence-corrected chi connectivity index (χ0v) is 14.7. The standard InChI is InChI=1S/C17H24N4O5/c1-2-3-9-19-17(24)26-21-14-7-5-4-6-13(14)20-15(21)8-11-25-12-10-18-16(22)23/h4-7,18H,2-3,8-12H2,1H3,(H,19,24)(H,22,23). The van der Waals surface area contributed by atoms with Gasteiger partial charge in [0.25, 0.3) is 0 Å². The van der Waals surface area contributed by atoms with Crippen LogP contribution in [0.15, 0.2) is 24.3 Å². The maximum atomic E-state index is 12.0. The van der Waals surface area contributed by atoms with Crippen molar-refractivity contribution in [3.63, 3.8) is 0 Å². The number of carbonyl (C=O) groups excluding carboxylic acids is 1. The van der Waals surface area contributed by atoms with Gasteiger partial charge in [-0.2, -0.15) is 4.73 Å². The van der Waals surface area contributed by atoms with E-state index in [0.717, 1.165) is 18.4 Å². The first kappa shape index (κ1) is 19.5. The molecule has 0 atom stereocenters. The highest BCUT2D eigenvalue weighted by Crippen LogP contribution is 2.15. The smallest absolute Gasteiger partial charge is 0.432 e. The summed E-state index contributed by atoms with van der Waals surface area (Å²) in [6.07, 6.45) is 0.662. The first-order chi connectivity index (χ1) is 12.6. The predicted molar refractivity (Wildman–Crippen MR) is 95.2 cm³/mol. The maximum absolute atomic E-state index is 12.0. The summed E-state index contributed by atoms with van der Waals surface area (Å²) in [6.45, 7) is 3.38. The molecule has 0 aliphatic carbocycles. The quantitative estimate of drug-likeness (QED) is 0.554. The SMILES string of the molecule is CCCCNC(=O)On1c(CCOCCNC(=O)O)nc2ccccc21. The fraction of sp³-hybridized carbons (Fsp3) is 0.471. The minimum atomic E-state index is -1.09. The van der Waals surface area contributed by atoms with Gasteiger partial charge in [-0.25, -0.2) is 14.6 Å². The van der Waals surface area contributed by atoms with Crippen molar-refractivity contribution >= 4 is 23.2 Å². The summed E-state index contributed by atoms with van der Waals surface area (Å²) in [4.78, 5) is 32.2. The van der Waals surface area contributed by atoms with E-state index in [2.05, 4.69) is 15.6 Å². The molecule has 3 N–H and O–H groups in total. The molecule has 0 fully saturated rings. The van der Waals surface area contributed by atoms with Crippen LogP contribution in [0.5, 0.6) is 0 Å². The van der Waals surface area contributed by atoms with Gasteiger partial charge in [-0.05, 0) is 18.6 Å². The number of ether oxygens (including phenoxy) is 1. The van der Waals surface area contributed by atoms with Crippen molar-refractivity contribution in [2.75, 3.05) is 26.3 Å². The summed E-state index contributed by atoms with van der Waals surface area (Å²) >= 11 is 0. The second-order valence-electron chi connectivity index (χ2n) is 5.56. The number of benzene rings is 1. The van der Waals surface area contributed by atoms with Crippen LogP contribution < -0.4 is 15.5 Å². The Bertz CT molecular complexity index is 731. The van der Waals surface area contributed by atoms with Gasteiger partial charge in [0.15, 0.2) is 0 Å². The number of aromatic nitrogens is 2. The molecule has 2 aromatic rings. The predicted octanol–water partition coefficient (Wildman–Crippen LogP) is 1.80. The Balaban J connectivity index is 1.96. The number of rotatable bonds is 10. The second kappa shape index (κ2) is 10.2. The molecular formula is C17H24N4O5. The Morgan fingerprint density at radius 1 is 1.19 bits per heavy atom. The summed E-state index contributed by atoms with van der Waals surface area (Å²) in [5.41, 5.74) is 1.41. The number of carboxylic acid groups (broad SMARTS) is 1. The molecule has 1 aromatic carbocycles. The van der Waals surface area contributed by atoms with E-state index in [9.17, 15) is 9.59 Å². The molecule has 0 saturated carbocycles. The van der Waals surface area contributed by atoms with Gasteiger partial charge in [-0.15, -0.1) is 0 Å². The van der Waals surface area contributed by atoms with E-state index in [-0.39, 0.29) is 13.2 Å². The first-order valence-corrected chi connectivity index (χ1v) is 8.59. The lowest BCUT2D eigenvalue weighted by Crippen LogP contribution is -2.33. The van der Waals surface area contributed by atoms with Crippen LogP contribution in [0, 0.1) is 0 Å². The van der Waals surface area contributed by atoms with E-state index in [4.69, 9.17) is 14.7 Å². The van der Waals surface area contributed by atoms with Gasteiger partial charge in [-0.1, -0.05) is 25.5 Å². The van der Waals surface area contributed by atoms with Crippen molar-refractivity contribution in [3.05, 3.63) is 30.1 Å². The van der Waals surface area contributed by atoms with E-state index < -0.39 is 12.2 Å². The van der Waals surface area contributed by atoms with Crippen LogP contribution in [0.3, 0.4) is 0 Å². The zero-order chi connectivity index (χ0) is 18.8. The number of para-hydroxylation sites is 2. The topological polar surface area (TPSA) is 115 Å². The normalized spacial score (nSPS) is 10.7. The molecule has 0 aliphatic heterocycles. The molecule has 1 heterocycles. The highest BCUT2D eigenvalue weighted by atomic mass is 16.7. The summed E-state index contributed by atoms with van der Waals surface area (Å²) in [5, 5.41) is 13.4. The van der Waals surface area contributed by atoms with E-state index in [1.165, 1.54) is 4.73 Å². The number of hydrogen-bond donors (Lipinski definition) is 3. The number of unbranched alkanes of at least 4 members (excludes halogenated alkanes) is 1. The third kappa shape index (κ3) is 5.92. The van der Waals surface area contributed by atoms with Crippen LogP contribution in [0.1, 0.15) is 25.6 Å². The molecule has 0 unspecified atom stereocenters. The number of carbonyl (C=O) groups is 2. The third-order valence-corrected chi connectivity index (χ3v) is 3.55. The molecule has 0 aliphatic rings. The van der Waals surface area contributed by atoms with Gasteiger partial charge in [0.1, 0.15) is 11.3 Å². The molecule has 9 nitrogen and oxygen atoms in total. The van der Waals surface area contributed by atoms with Gasteiger partial charge in [0.05, 0.1) is 18.7 Å². The molecule has 9 heteroatoms. The number of nitrogens with one attached hydrogen (secondary N) is 2. The number of fused-ring (bicyclic) bond motifs is 1. The highest BCUT2D eigenvalue weighted by molar-refractivity contribution is 5.77. The van der Waals surface area contributed by atoms with Crippen LogP contribution in [-0.4, -0.2) is 53.3 Å². The molecule has 0 saturated heterocycles. The monoisotopic (exact) mass is 364 g/mol. The van der Waals surface area contributed by atoms with Gasteiger partial charge in [-0.3, -0.25) is 0 Å². The van der Waals surface area contributed by atoms with Gasteiger partial charge < -0.3 is 25.3 Å². The van der Waals surface area contributed by atoms with Crippen molar-refractivity contribution in [1.29, 1.82) is 0 Å². The second-order valence-corrected chi connectivity index (χ2v) is 5.56. The van der Waals surface area contributed by atoms with Crippen LogP contribution >= 0.6 is 0 Å². The minimum absolute atomic E-state index is 0.210. The number of hydrogen-bond acceptors (Lipinski definition) is 5. The van der Waals surface area contributed by atoms with Crippen LogP contribution in [0.25, 0.3) is 11.0 Å². The summed E-state index contributed by atoms with van der Waals surface area (Å²) in [7, 11) is 0. The lowest BCUT2D eigenvalue weighted by atomic mass is 10.3. The Kier molecular flexibility index (Phi) is 7.69. The largest absolute Gasteiger partial charge is 0.465 e. The van der Waals surface area contributed by atoms with Crippen molar-refractivity contribution in [1.82, 2.24) is 20.3 Å². The first-order valence-electron chi connectivity index (χ1n) is 8.59. The lowest BCUT2D eigenvalue weighted by Gasteiger charge is -2.10. The molecule has 0 spiro atoms. The van der Waals surface area contributed by atoms with Crippen LogP contribution in [-0.2, 0) is 11.2 Å². The Morgan fingerprint density at radius 3 is 2.77 bits per heavy atom. The van der Waals surface area contributed by atoms with Crippen molar-refractivity contribution in [2.45, 2.75) is 26.2 Å². The van der Waals surface area contributed by atoms with Crippen LogP contribution in [0.4, 0.5) is 9.59 Å². The molecule has 0 bridgehead atoms. The van der Waals surface area contributed by atoms with E-state index in [1.54, 1.807) is 0 Å². The molecular weight excluding hydrogens is 340 g/mol. The van der Waals surface area contributed by atoms with E-state index >= 15 is 0 Å². The average Bonchev–Trinajstić information content (AvgIpc) is 2.95. The van der Waals surface area contributed by atoms with Crippen molar-refractivity contribution < 1.29 is 24.3 Å². The fourth-order valence-corrected chi connectivity index (χ4v) is 2.29. The minimum Gasteiger partial charge on any atom is -0.465 e. The van der Waals surface area contributed by atoms with Gasteiger partial charge >= 0.3 is 12.2 Å². The number of amides is 2. The van der Waals surface area contributed by atoms with Crippen molar-refractivity contribution in [3.8, 4) is 0 Å². The Morgan fingerprint density at radius 2 is 2.00 bits per heavy atom. The molecule has 26 heavy (non-hydrogen) atoms. The summed E-state index contributed by atoms with van der Waals surface area (Å²) < 4.78 is 6.80. The number of nitrogens with zero attached hydrogens (tertiary/aromatic N) is 2. The Labute approximate surface area is 151 Å². The van der Waals surface area contributed by atoms with Gasteiger partial charge in [0, 0.05) is 19.5 Å². The summed E-state index contributed by atoms with van der Waals surface area (Å²) in [6, 6.07) is 7.36. The Hall–Kier alpha value is -2.81. The molecule has 2 amide bonds. The van der Waals surface area contributed by atoms with Gasteiger partial charge in [0.2, 0.25) is 0 Å². The average molecular weight is 364 g/mol. The molecule has 1 aromatic heterocycles. The van der Waals surface area contributed by atoms with Crippen molar-refractivity contribution in [2.24, 2.45) is 0 Å². The molecule has 0 radical (unpaired) electrons. The van der Waals surface area contributed by atoms with Crippen LogP contribution in [0.2, 0.25) is 0 Å². The molecule has 142 valence electrons. The summed E-state index contributed by atoms with van der Waals surface area (Å²) in [5.74, 6) is 0.558. The zero-order valence-electron chi connectivity index (χ0n) is 14.7. The maximum Gasteiger partial charge on any atom is 0.432 e. The number of imidazole rings is 1. The molecule has 2 rings (SSSR count). The van der Waals surface area contributed by atoms with E-state index in [1.807, 2.05) is 31.2 Å². The lowest BCUT2D eigenvalue weighted by molar-refractivity contribution is 0.118.